The van der Waals surface area contributed by atoms with Crippen molar-refractivity contribution in [2.75, 3.05) is 6.61 Å². The van der Waals surface area contributed by atoms with Gasteiger partial charge in [0.25, 0.3) is 0 Å². The Bertz CT molecular complexity index is 934. The van der Waals surface area contributed by atoms with Crippen LogP contribution in [0.15, 0.2) is 34.1 Å². The van der Waals surface area contributed by atoms with Gasteiger partial charge in [0.15, 0.2) is 5.67 Å². The van der Waals surface area contributed by atoms with Crippen molar-refractivity contribution in [3.63, 3.8) is 0 Å². The normalized spacial score (nSPS) is 48.5. The molecular formula is C24H35FN2O6. The van der Waals surface area contributed by atoms with Crippen LogP contribution < -0.4 is 0 Å². The molecule has 0 spiro atoms. The number of oxime groups is 2. The molecule has 33 heavy (non-hydrogen) atoms. The van der Waals surface area contributed by atoms with Gasteiger partial charge in [0.2, 0.25) is 0 Å². The van der Waals surface area contributed by atoms with Crippen LogP contribution in [-0.2, 0) is 4.74 Å². The third kappa shape index (κ3) is 2.89. The Kier molecular flexibility index (Phi) is 5.80. The minimum absolute atomic E-state index is 0.0505. The Morgan fingerprint density at radius 2 is 1.91 bits per heavy atom. The Morgan fingerprint density at radius 3 is 2.48 bits per heavy atom. The summed E-state index contributed by atoms with van der Waals surface area (Å²) in [4.78, 5) is 0. The molecule has 4 rings (SSSR count). The molecule has 3 fully saturated rings. The van der Waals surface area contributed by atoms with E-state index in [1.54, 1.807) is 39.0 Å². The number of ether oxygens (including phenoxy) is 1. The Morgan fingerprint density at radius 1 is 1.21 bits per heavy atom. The number of allylic oxidation sites excluding steroid dienone is 4. The Hall–Kier alpha value is -1.81. The third-order valence-electron chi connectivity index (χ3n) is 9.07. The number of fused-ring (bicyclic) bond motifs is 5. The fourth-order valence-electron chi connectivity index (χ4n) is 7.68. The molecule has 8 nitrogen and oxygen atoms in total. The molecule has 0 aromatic carbocycles. The van der Waals surface area contributed by atoms with Gasteiger partial charge in [-0.05, 0) is 64.5 Å². The molecule has 9 heteroatoms. The molecule has 4 aliphatic rings. The molecule has 0 saturated heterocycles. The predicted octanol–water partition coefficient (Wildman–Crippen LogP) is 2.58. The van der Waals surface area contributed by atoms with Gasteiger partial charge in [0, 0.05) is 16.7 Å². The molecule has 184 valence electrons. The highest BCUT2D eigenvalue weighted by Gasteiger charge is 2.76. The summed E-state index contributed by atoms with van der Waals surface area (Å²) >= 11 is 0. The smallest absolute Gasteiger partial charge is 0.152 e. The fourth-order valence-corrected chi connectivity index (χ4v) is 7.68. The summed E-state index contributed by atoms with van der Waals surface area (Å²) in [5, 5.41) is 58.3. The summed E-state index contributed by atoms with van der Waals surface area (Å²) in [6, 6.07) is 0. The van der Waals surface area contributed by atoms with Gasteiger partial charge in [0.05, 0.1) is 24.9 Å². The van der Waals surface area contributed by atoms with Gasteiger partial charge < -0.3 is 30.5 Å². The number of aliphatic hydroxyl groups excluding tert-OH is 3. The van der Waals surface area contributed by atoms with Gasteiger partial charge in [0.1, 0.15) is 17.0 Å². The SMILES string of the molecule is CC(C)O[C@]1(/C(CO)=N/O)[C@H](O)C[C@H]2[C@@H]3CCC4=C/C(=N/O)C=C[C@]4(C)[C@@]3(F)[C@@H](O)C[C@@]21C. The van der Waals surface area contributed by atoms with Crippen molar-refractivity contribution in [1.82, 2.24) is 0 Å². The molecule has 0 aromatic rings. The van der Waals surface area contributed by atoms with Crippen LogP contribution in [0.2, 0.25) is 0 Å². The van der Waals surface area contributed by atoms with Crippen LogP contribution in [0.25, 0.3) is 0 Å². The van der Waals surface area contributed by atoms with E-state index >= 15 is 4.39 Å². The van der Waals surface area contributed by atoms with Gasteiger partial charge >= 0.3 is 0 Å². The van der Waals surface area contributed by atoms with Crippen LogP contribution in [0.3, 0.4) is 0 Å². The minimum Gasteiger partial charge on any atom is -0.411 e. The summed E-state index contributed by atoms with van der Waals surface area (Å²) in [6.07, 6.45) is 3.08. The lowest BCUT2D eigenvalue weighted by Gasteiger charge is -2.63. The third-order valence-corrected chi connectivity index (χ3v) is 9.07. The quantitative estimate of drug-likeness (QED) is 0.246. The number of alkyl halides is 1. The highest BCUT2D eigenvalue weighted by atomic mass is 19.1. The van der Waals surface area contributed by atoms with Crippen LogP contribution in [0.4, 0.5) is 4.39 Å². The van der Waals surface area contributed by atoms with Crippen LogP contribution in [0.1, 0.15) is 53.4 Å². The van der Waals surface area contributed by atoms with E-state index in [2.05, 4.69) is 10.3 Å². The molecule has 0 radical (unpaired) electrons. The second kappa shape index (κ2) is 7.86. The van der Waals surface area contributed by atoms with Crippen molar-refractivity contribution >= 4 is 11.4 Å². The zero-order chi connectivity index (χ0) is 24.4. The molecule has 0 aliphatic heterocycles. The summed E-state index contributed by atoms with van der Waals surface area (Å²) in [5.41, 5.74) is -4.70. The zero-order valence-corrected chi connectivity index (χ0v) is 19.6. The van der Waals surface area contributed by atoms with Crippen molar-refractivity contribution in [3.05, 3.63) is 23.8 Å². The number of rotatable bonds is 4. The van der Waals surface area contributed by atoms with Gasteiger partial charge in [-0.25, -0.2) is 4.39 Å². The first-order chi connectivity index (χ1) is 15.5. The standard InChI is InChI=1S/C24H35FN2O6/c1-13(2)33-24(18(12-28)27-32)19(29)10-17-16-6-5-14-9-15(26-31)7-8-21(14,3)23(16,25)20(30)11-22(17,24)4/h7-9,13,16-17,19-20,28-32H,5-6,10-12H2,1-4H3/b26-15+,27-18+/t16-,17-,19+,20-,21-,22-,23-,24+/m0/s1. The first kappa shape index (κ1) is 24.3. The van der Waals surface area contributed by atoms with Crippen molar-refractivity contribution in [2.45, 2.75) is 83.0 Å². The molecule has 3 saturated carbocycles. The number of hydrogen-bond acceptors (Lipinski definition) is 8. The highest BCUT2D eigenvalue weighted by Crippen LogP contribution is 2.70. The average Bonchev–Trinajstić information content (AvgIpc) is 2.97. The van der Waals surface area contributed by atoms with Crippen molar-refractivity contribution in [2.24, 2.45) is 33.0 Å². The summed E-state index contributed by atoms with van der Waals surface area (Å²) in [6.45, 7) is 6.52. The lowest BCUT2D eigenvalue weighted by Crippen LogP contribution is -2.70. The van der Waals surface area contributed by atoms with E-state index in [-0.39, 0.29) is 24.7 Å². The maximum absolute atomic E-state index is 17.3. The number of aliphatic hydroxyl groups is 3. The maximum atomic E-state index is 17.3. The van der Waals surface area contributed by atoms with Crippen LogP contribution >= 0.6 is 0 Å². The van der Waals surface area contributed by atoms with E-state index in [4.69, 9.17) is 4.74 Å². The average molecular weight is 467 g/mol. The van der Waals surface area contributed by atoms with Crippen LogP contribution in [-0.4, -0.2) is 73.3 Å². The van der Waals surface area contributed by atoms with E-state index < -0.39 is 52.8 Å². The van der Waals surface area contributed by atoms with E-state index in [0.29, 0.717) is 18.6 Å². The van der Waals surface area contributed by atoms with E-state index in [0.717, 1.165) is 5.57 Å². The lowest BCUT2D eigenvalue weighted by atomic mass is 9.44. The van der Waals surface area contributed by atoms with E-state index in [1.165, 1.54) is 0 Å². The number of hydrogen-bond donors (Lipinski definition) is 5. The molecule has 0 unspecified atom stereocenters. The molecule has 0 heterocycles. The Balaban J connectivity index is 1.86. The van der Waals surface area contributed by atoms with Crippen LogP contribution in [0, 0.1) is 22.7 Å². The van der Waals surface area contributed by atoms with Crippen molar-refractivity contribution < 1.29 is 34.9 Å². The summed E-state index contributed by atoms with van der Waals surface area (Å²) in [7, 11) is 0. The fraction of sp³-hybridized carbons (Fsp3) is 0.750. The summed E-state index contributed by atoms with van der Waals surface area (Å²) < 4.78 is 23.5. The largest absolute Gasteiger partial charge is 0.411 e. The molecule has 0 aromatic heterocycles. The minimum atomic E-state index is -2.03. The first-order valence-corrected chi connectivity index (χ1v) is 11.6. The molecule has 0 bridgehead atoms. The topological polar surface area (TPSA) is 135 Å². The zero-order valence-electron chi connectivity index (χ0n) is 19.6. The summed E-state index contributed by atoms with van der Waals surface area (Å²) in [5.74, 6) is -1.01. The lowest BCUT2D eigenvalue weighted by molar-refractivity contribution is -0.224. The van der Waals surface area contributed by atoms with Crippen molar-refractivity contribution in [1.29, 1.82) is 0 Å². The highest BCUT2D eigenvalue weighted by molar-refractivity contribution is 6.05. The number of halogens is 1. The predicted molar refractivity (Wildman–Crippen MR) is 119 cm³/mol. The van der Waals surface area contributed by atoms with E-state index in [9.17, 15) is 25.7 Å². The Labute approximate surface area is 193 Å². The second-order valence-corrected chi connectivity index (χ2v) is 10.7. The molecule has 4 aliphatic carbocycles. The second-order valence-electron chi connectivity index (χ2n) is 10.7. The monoisotopic (exact) mass is 466 g/mol. The van der Waals surface area contributed by atoms with Gasteiger partial charge in [-0.1, -0.05) is 28.9 Å². The molecular weight excluding hydrogens is 431 g/mol. The van der Waals surface area contributed by atoms with Gasteiger partial charge in [-0.15, -0.1) is 0 Å². The van der Waals surface area contributed by atoms with Gasteiger partial charge in [-0.3, -0.25) is 0 Å². The molecule has 5 N–H and O–H groups in total. The van der Waals surface area contributed by atoms with E-state index in [1.807, 2.05) is 6.92 Å². The maximum Gasteiger partial charge on any atom is 0.152 e. The van der Waals surface area contributed by atoms with Crippen molar-refractivity contribution in [3.8, 4) is 0 Å². The van der Waals surface area contributed by atoms with Gasteiger partial charge in [-0.2, -0.15) is 0 Å². The first-order valence-electron chi connectivity index (χ1n) is 11.6. The van der Waals surface area contributed by atoms with Crippen LogP contribution in [0.5, 0.6) is 0 Å². The number of nitrogens with zero attached hydrogens (tertiary/aromatic N) is 2. The molecule has 0 amide bonds. The molecule has 8 atom stereocenters.